The molecule has 0 unspecified atom stereocenters. The van der Waals surface area contributed by atoms with Gasteiger partial charge in [-0.15, -0.1) is 10.2 Å². The highest BCUT2D eigenvalue weighted by molar-refractivity contribution is 8.00. The first-order valence-electron chi connectivity index (χ1n) is 9.20. The molecule has 0 spiro atoms. The van der Waals surface area contributed by atoms with Gasteiger partial charge < -0.3 is 4.74 Å². The van der Waals surface area contributed by atoms with Gasteiger partial charge in [-0.2, -0.15) is 0 Å². The Labute approximate surface area is 177 Å². The Hall–Kier alpha value is -2.90. The Morgan fingerprint density at radius 2 is 1.83 bits per heavy atom. The third kappa shape index (κ3) is 4.75. The molecule has 0 atom stereocenters. The fraction of sp³-hybridized carbons (Fsp3) is 0.136. The van der Waals surface area contributed by atoms with Crippen molar-refractivity contribution in [3.63, 3.8) is 0 Å². The van der Waals surface area contributed by atoms with Crippen LogP contribution in [-0.2, 0) is 5.75 Å². The van der Waals surface area contributed by atoms with Crippen LogP contribution in [0.2, 0.25) is 0 Å². The number of rotatable bonds is 7. The van der Waals surface area contributed by atoms with Crippen molar-refractivity contribution >= 4 is 44.9 Å². The second-order valence-electron chi connectivity index (χ2n) is 6.21. The molecule has 7 heteroatoms. The normalized spacial score (nSPS) is 10.8. The first-order chi connectivity index (χ1) is 14.2. The van der Waals surface area contributed by atoms with Gasteiger partial charge in [0.15, 0.2) is 4.34 Å². The predicted octanol–water partition coefficient (Wildman–Crippen LogP) is 5.63. The summed E-state index contributed by atoms with van der Waals surface area (Å²) in [6.45, 7) is 2.52. The lowest BCUT2D eigenvalue weighted by Gasteiger charge is -2.05. The Morgan fingerprint density at radius 1 is 1.03 bits per heavy atom. The molecule has 1 N–H and O–H groups in total. The van der Waals surface area contributed by atoms with Crippen LogP contribution >= 0.6 is 23.1 Å². The summed E-state index contributed by atoms with van der Waals surface area (Å²) >= 11 is 2.99. The zero-order valence-corrected chi connectivity index (χ0v) is 17.4. The number of aromatic nitrogens is 2. The molecule has 5 nitrogen and oxygen atoms in total. The molecule has 0 aliphatic heterocycles. The standard InChI is InChI=1S/C22H19N3O2S2/c1-2-27-18-12-10-16(11-13-18)20(26)23-21-24-25-22(29-21)28-14-17-8-5-7-15-6-3-4-9-19(15)17/h3-13H,2,14H2,1H3,(H,23,24,26). The third-order valence-electron chi connectivity index (χ3n) is 4.29. The van der Waals surface area contributed by atoms with Crippen LogP contribution in [-0.4, -0.2) is 22.7 Å². The molecule has 0 saturated heterocycles. The van der Waals surface area contributed by atoms with Crippen molar-refractivity contribution in [2.24, 2.45) is 0 Å². The molecule has 0 aliphatic rings. The number of ether oxygens (including phenoxy) is 1. The Bertz CT molecular complexity index is 1120. The molecule has 1 aromatic heterocycles. The maximum atomic E-state index is 12.4. The van der Waals surface area contributed by atoms with E-state index in [1.807, 2.05) is 13.0 Å². The smallest absolute Gasteiger partial charge is 0.257 e. The van der Waals surface area contributed by atoms with Crippen LogP contribution in [0.4, 0.5) is 5.13 Å². The number of hydrogen-bond donors (Lipinski definition) is 1. The molecule has 4 rings (SSSR count). The molecule has 29 heavy (non-hydrogen) atoms. The molecule has 3 aromatic carbocycles. The molecule has 0 saturated carbocycles. The van der Waals surface area contributed by atoms with Gasteiger partial charge in [0.1, 0.15) is 5.75 Å². The molecule has 0 aliphatic carbocycles. The van der Waals surface area contributed by atoms with Gasteiger partial charge in [-0.3, -0.25) is 10.1 Å². The fourth-order valence-corrected chi connectivity index (χ4v) is 4.67. The van der Waals surface area contributed by atoms with Crippen molar-refractivity contribution in [2.75, 3.05) is 11.9 Å². The molecule has 146 valence electrons. The van der Waals surface area contributed by atoms with Crippen molar-refractivity contribution in [1.82, 2.24) is 10.2 Å². The van der Waals surface area contributed by atoms with Crippen LogP contribution in [0.25, 0.3) is 10.8 Å². The number of anilines is 1. The monoisotopic (exact) mass is 421 g/mol. The summed E-state index contributed by atoms with van der Waals surface area (Å²) in [5.41, 5.74) is 1.80. The highest BCUT2D eigenvalue weighted by Crippen LogP contribution is 2.31. The highest BCUT2D eigenvalue weighted by atomic mass is 32.2. The number of carbonyl (C=O) groups is 1. The predicted molar refractivity (Wildman–Crippen MR) is 119 cm³/mol. The van der Waals surface area contributed by atoms with Crippen molar-refractivity contribution in [1.29, 1.82) is 0 Å². The van der Waals surface area contributed by atoms with Crippen LogP contribution < -0.4 is 10.1 Å². The van der Waals surface area contributed by atoms with Gasteiger partial charge in [0.05, 0.1) is 6.61 Å². The average Bonchev–Trinajstić information content (AvgIpc) is 3.20. The maximum absolute atomic E-state index is 12.4. The van der Waals surface area contributed by atoms with Gasteiger partial charge in [-0.1, -0.05) is 65.6 Å². The number of benzene rings is 3. The van der Waals surface area contributed by atoms with Crippen molar-refractivity contribution in [3.05, 3.63) is 77.9 Å². The second-order valence-corrected chi connectivity index (χ2v) is 8.41. The first kappa shape index (κ1) is 19.4. The SMILES string of the molecule is CCOc1ccc(C(=O)Nc2nnc(SCc3cccc4ccccc34)s2)cc1. The molecule has 0 radical (unpaired) electrons. The molecular weight excluding hydrogens is 402 g/mol. The van der Waals surface area contributed by atoms with E-state index in [-0.39, 0.29) is 5.91 Å². The van der Waals surface area contributed by atoms with Gasteiger partial charge >= 0.3 is 0 Å². The molecule has 1 heterocycles. The van der Waals surface area contributed by atoms with E-state index in [9.17, 15) is 4.79 Å². The van der Waals surface area contributed by atoms with Crippen LogP contribution in [0.3, 0.4) is 0 Å². The molecule has 0 bridgehead atoms. The summed E-state index contributed by atoms with van der Waals surface area (Å²) in [5.74, 6) is 1.32. The number of nitrogens with zero attached hydrogens (tertiary/aromatic N) is 2. The van der Waals surface area contributed by atoms with E-state index in [1.165, 1.54) is 27.7 Å². The van der Waals surface area contributed by atoms with Crippen LogP contribution in [0.5, 0.6) is 5.75 Å². The lowest BCUT2D eigenvalue weighted by Crippen LogP contribution is -2.11. The molecule has 0 fully saturated rings. The second kappa shape index (κ2) is 9.07. The summed E-state index contributed by atoms with van der Waals surface area (Å²) in [6.07, 6.45) is 0. The summed E-state index contributed by atoms with van der Waals surface area (Å²) in [5, 5.41) is 14.1. The quantitative estimate of drug-likeness (QED) is 0.309. The summed E-state index contributed by atoms with van der Waals surface area (Å²) in [4.78, 5) is 12.4. The van der Waals surface area contributed by atoms with Crippen molar-refractivity contribution in [2.45, 2.75) is 17.0 Å². The number of nitrogens with one attached hydrogen (secondary N) is 1. The zero-order valence-electron chi connectivity index (χ0n) is 15.8. The first-order valence-corrected chi connectivity index (χ1v) is 11.0. The van der Waals surface area contributed by atoms with E-state index in [0.717, 1.165) is 15.8 Å². The average molecular weight is 422 g/mol. The van der Waals surface area contributed by atoms with E-state index in [4.69, 9.17) is 4.74 Å². The largest absolute Gasteiger partial charge is 0.494 e. The Balaban J connectivity index is 1.38. The number of carbonyl (C=O) groups excluding carboxylic acids is 1. The van der Waals surface area contributed by atoms with E-state index < -0.39 is 0 Å². The van der Waals surface area contributed by atoms with Crippen LogP contribution in [0.15, 0.2) is 71.1 Å². The van der Waals surface area contributed by atoms with E-state index >= 15 is 0 Å². The molecular formula is C22H19N3O2S2. The van der Waals surface area contributed by atoms with Crippen molar-refractivity contribution < 1.29 is 9.53 Å². The summed E-state index contributed by atoms with van der Waals surface area (Å²) < 4.78 is 6.22. The minimum Gasteiger partial charge on any atom is -0.494 e. The fourth-order valence-electron chi connectivity index (χ4n) is 2.91. The van der Waals surface area contributed by atoms with Crippen LogP contribution in [0.1, 0.15) is 22.8 Å². The third-order valence-corrected chi connectivity index (χ3v) is 6.31. The van der Waals surface area contributed by atoms with E-state index in [1.54, 1.807) is 36.0 Å². The zero-order chi connectivity index (χ0) is 20.1. The molecule has 4 aromatic rings. The minimum absolute atomic E-state index is 0.213. The maximum Gasteiger partial charge on any atom is 0.257 e. The number of thioether (sulfide) groups is 1. The van der Waals surface area contributed by atoms with Crippen molar-refractivity contribution in [3.8, 4) is 5.75 Å². The minimum atomic E-state index is -0.213. The van der Waals surface area contributed by atoms with Gasteiger partial charge in [0.2, 0.25) is 5.13 Å². The van der Waals surface area contributed by atoms with Crippen LogP contribution in [0, 0.1) is 0 Å². The van der Waals surface area contributed by atoms with E-state index in [2.05, 4.69) is 51.9 Å². The van der Waals surface area contributed by atoms with Gasteiger partial charge in [-0.05, 0) is 47.5 Å². The van der Waals surface area contributed by atoms with Gasteiger partial charge in [0.25, 0.3) is 5.91 Å². The lowest BCUT2D eigenvalue weighted by molar-refractivity contribution is 0.102. The van der Waals surface area contributed by atoms with Gasteiger partial charge in [0, 0.05) is 11.3 Å². The Kier molecular flexibility index (Phi) is 6.07. The lowest BCUT2D eigenvalue weighted by atomic mass is 10.1. The highest BCUT2D eigenvalue weighted by Gasteiger charge is 2.11. The molecule has 1 amide bonds. The Morgan fingerprint density at radius 3 is 2.66 bits per heavy atom. The number of fused-ring (bicyclic) bond motifs is 1. The summed E-state index contributed by atoms with van der Waals surface area (Å²) in [6, 6.07) is 21.7. The van der Waals surface area contributed by atoms with E-state index in [0.29, 0.717) is 17.3 Å². The number of amides is 1. The van der Waals surface area contributed by atoms with Gasteiger partial charge in [-0.25, -0.2) is 0 Å². The summed E-state index contributed by atoms with van der Waals surface area (Å²) in [7, 11) is 0. The topological polar surface area (TPSA) is 64.1 Å². The number of hydrogen-bond acceptors (Lipinski definition) is 6.